The van der Waals surface area contributed by atoms with E-state index < -0.39 is 0 Å². The Morgan fingerprint density at radius 3 is 3.00 bits per heavy atom. The van der Waals surface area contributed by atoms with Gasteiger partial charge < -0.3 is 0 Å². The van der Waals surface area contributed by atoms with Gasteiger partial charge in [-0.1, -0.05) is 12.3 Å². The van der Waals surface area contributed by atoms with E-state index in [0.717, 1.165) is 12.6 Å². The number of piperazine rings is 1. The van der Waals surface area contributed by atoms with Gasteiger partial charge in [0.1, 0.15) is 0 Å². The lowest BCUT2D eigenvalue weighted by Gasteiger charge is -2.43. The van der Waals surface area contributed by atoms with Crippen LogP contribution >= 0.6 is 0 Å². The van der Waals surface area contributed by atoms with Gasteiger partial charge in [-0.2, -0.15) is 0 Å². The number of terminal acetylenes is 1. The summed E-state index contributed by atoms with van der Waals surface area (Å²) in [5.74, 6) is 2.74. The average Bonchev–Trinajstić information content (AvgIpc) is 2.18. The molecule has 2 nitrogen and oxygen atoms in total. The second-order valence-corrected chi connectivity index (χ2v) is 4.12. The molecule has 2 heteroatoms. The molecule has 2 saturated heterocycles. The molecule has 72 valence electrons. The molecule has 2 rings (SSSR count). The number of rotatable bonds is 1. The summed E-state index contributed by atoms with van der Waals surface area (Å²) in [6.45, 7) is 5.75. The molecule has 2 aliphatic rings. The number of hydrogen-bond acceptors (Lipinski definition) is 2. The Morgan fingerprint density at radius 2 is 2.15 bits per heavy atom. The van der Waals surface area contributed by atoms with E-state index in [1.54, 1.807) is 0 Å². The molecule has 0 N–H and O–H groups in total. The molecule has 13 heavy (non-hydrogen) atoms. The fraction of sp³-hybridized carbons (Fsp3) is 0.818. The van der Waals surface area contributed by atoms with Crippen molar-refractivity contribution in [1.82, 2.24) is 9.80 Å². The lowest BCUT2D eigenvalue weighted by atomic mass is 9.99. The first-order valence-corrected chi connectivity index (χ1v) is 5.30. The summed E-state index contributed by atoms with van der Waals surface area (Å²) in [6, 6.07) is 0.802. The normalized spacial score (nSPS) is 30.8. The van der Waals surface area contributed by atoms with Gasteiger partial charge in [-0.25, -0.2) is 0 Å². The van der Waals surface area contributed by atoms with Crippen molar-refractivity contribution in [2.45, 2.75) is 25.3 Å². The van der Waals surface area contributed by atoms with Gasteiger partial charge in [0.05, 0.1) is 6.54 Å². The minimum absolute atomic E-state index is 0.802. The molecule has 1 atom stereocenters. The summed E-state index contributed by atoms with van der Waals surface area (Å²) in [6.07, 6.45) is 9.50. The second kappa shape index (κ2) is 4.13. The summed E-state index contributed by atoms with van der Waals surface area (Å²) in [5.41, 5.74) is 0. The summed E-state index contributed by atoms with van der Waals surface area (Å²) < 4.78 is 0. The monoisotopic (exact) mass is 178 g/mol. The third-order valence-corrected chi connectivity index (χ3v) is 3.24. The first-order valence-electron chi connectivity index (χ1n) is 5.30. The quantitative estimate of drug-likeness (QED) is 0.548. The zero-order chi connectivity index (χ0) is 9.10. The summed E-state index contributed by atoms with van der Waals surface area (Å²) in [7, 11) is 0. The maximum absolute atomic E-state index is 5.32. The van der Waals surface area contributed by atoms with Crippen LogP contribution in [0.1, 0.15) is 19.3 Å². The van der Waals surface area contributed by atoms with Crippen LogP contribution in [-0.2, 0) is 0 Å². The van der Waals surface area contributed by atoms with E-state index in [9.17, 15) is 0 Å². The molecular formula is C11H18N2. The van der Waals surface area contributed by atoms with Crippen molar-refractivity contribution < 1.29 is 0 Å². The van der Waals surface area contributed by atoms with Crippen LogP contribution in [0.4, 0.5) is 0 Å². The molecule has 0 saturated carbocycles. The Hall–Kier alpha value is -0.520. The van der Waals surface area contributed by atoms with Gasteiger partial charge in [0, 0.05) is 25.7 Å². The molecule has 0 spiro atoms. The third-order valence-electron chi connectivity index (χ3n) is 3.24. The summed E-state index contributed by atoms with van der Waals surface area (Å²) in [4.78, 5) is 5.04. The van der Waals surface area contributed by atoms with Gasteiger partial charge in [0.2, 0.25) is 0 Å². The molecule has 0 aromatic carbocycles. The van der Waals surface area contributed by atoms with E-state index in [1.165, 1.54) is 45.4 Å². The van der Waals surface area contributed by atoms with E-state index in [4.69, 9.17) is 6.42 Å². The van der Waals surface area contributed by atoms with Gasteiger partial charge in [0.15, 0.2) is 0 Å². The Kier molecular flexibility index (Phi) is 2.87. The highest BCUT2D eigenvalue weighted by Gasteiger charge is 2.27. The molecular weight excluding hydrogens is 160 g/mol. The molecule has 0 aliphatic carbocycles. The van der Waals surface area contributed by atoms with E-state index in [1.807, 2.05) is 0 Å². The van der Waals surface area contributed by atoms with Crippen molar-refractivity contribution >= 4 is 0 Å². The fourth-order valence-corrected chi connectivity index (χ4v) is 2.49. The van der Waals surface area contributed by atoms with Crippen LogP contribution < -0.4 is 0 Å². The lowest BCUT2D eigenvalue weighted by Crippen LogP contribution is -2.54. The minimum atomic E-state index is 0.802. The van der Waals surface area contributed by atoms with Crippen molar-refractivity contribution in [1.29, 1.82) is 0 Å². The van der Waals surface area contributed by atoms with Crippen molar-refractivity contribution in [2.24, 2.45) is 0 Å². The molecule has 0 radical (unpaired) electrons. The molecule has 2 heterocycles. The largest absolute Gasteiger partial charge is 0.298 e. The summed E-state index contributed by atoms with van der Waals surface area (Å²) in [5, 5.41) is 0. The van der Waals surface area contributed by atoms with E-state index in [0.29, 0.717) is 0 Å². The predicted octanol–water partition coefficient (Wildman–Crippen LogP) is 0.790. The van der Waals surface area contributed by atoms with Crippen LogP contribution in [0, 0.1) is 12.3 Å². The van der Waals surface area contributed by atoms with Crippen LogP contribution in [0.2, 0.25) is 0 Å². The van der Waals surface area contributed by atoms with Crippen molar-refractivity contribution in [2.75, 3.05) is 32.7 Å². The van der Waals surface area contributed by atoms with Gasteiger partial charge in [-0.15, -0.1) is 6.42 Å². The standard InChI is InChI=1S/C11H18N2/c1-2-6-12-8-9-13-7-4-3-5-11(13)10-12/h1,11H,3-10H2. The number of nitrogens with zero attached hydrogens (tertiary/aromatic N) is 2. The SMILES string of the molecule is C#CCN1CCN2CCCCC2C1. The minimum Gasteiger partial charge on any atom is -0.298 e. The number of fused-ring (bicyclic) bond motifs is 1. The van der Waals surface area contributed by atoms with Crippen LogP contribution in [0.25, 0.3) is 0 Å². The molecule has 0 bridgehead atoms. The third kappa shape index (κ3) is 2.04. The van der Waals surface area contributed by atoms with Crippen molar-refractivity contribution in [3.63, 3.8) is 0 Å². The van der Waals surface area contributed by atoms with E-state index >= 15 is 0 Å². The highest BCUT2D eigenvalue weighted by Crippen LogP contribution is 2.20. The Bertz CT molecular complexity index is 207. The Labute approximate surface area is 80.9 Å². The number of hydrogen-bond donors (Lipinski definition) is 0. The Morgan fingerprint density at radius 1 is 1.23 bits per heavy atom. The van der Waals surface area contributed by atoms with Gasteiger partial charge >= 0.3 is 0 Å². The van der Waals surface area contributed by atoms with Gasteiger partial charge in [0.25, 0.3) is 0 Å². The topological polar surface area (TPSA) is 6.48 Å². The van der Waals surface area contributed by atoms with Crippen LogP contribution in [-0.4, -0.2) is 48.6 Å². The van der Waals surface area contributed by atoms with E-state index in [2.05, 4.69) is 15.7 Å². The molecule has 0 aromatic rings. The molecule has 0 aromatic heterocycles. The smallest absolute Gasteiger partial charge is 0.0599 e. The highest BCUT2D eigenvalue weighted by molar-refractivity contribution is 4.92. The maximum Gasteiger partial charge on any atom is 0.0599 e. The highest BCUT2D eigenvalue weighted by atomic mass is 15.3. The van der Waals surface area contributed by atoms with Crippen molar-refractivity contribution in [3.05, 3.63) is 0 Å². The zero-order valence-corrected chi connectivity index (χ0v) is 8.21. The van der Waals surface area contributed by atoms with Crippen LogP contribution in [0.15, 0.2) is 0 Å². The summed E-state index contributed by atoms with van der Waals surface area (Å²) >= 11 is 0. The van der Waals surface area contributed by atoms with Crippen molar-refractivity contribution in [3.8, 4) is 12.3 Å². The first-order chi connectivity index (χ1) is 6.40. The van der Waals surface area contributed by atoms with Gasteiger partial charge in [-0.05, 0) is 19.4 Å². The fourth-order valence-electron chi connectivity index (χ4n) is 2.49. The van der Waals surface area contributed by atoms with Gasteiger partial charge in [-0.3, -0.25) is 9.80 Å². The van der Waals surface area contributed by atoms with E-state index in [-0.39, 0.29) is 0 Å². The maximum atomic E-state index is 5.32. The molecule has 2 aliphatic heterocycles. The average molecular weight is 178 g/mol. The molecule has 1 unspecified atom stereocenters. The molecule has 2 fully saturated rings. The second-order valence-electron chi connectivity index (χ2n) is 4.12. The predicted molar refractivity (Wildman–Crippen MR) is 54.5 cm³/mol. The first kappa shape index (κ1) is 9.05. The zero-order valence-electron chi connectivity index (χ0n) is 8.21. The molecule has 0 amide bonds. The van der Waals surface area contributed by atoms with Crippen LogP contribution in [0.3, 0.4) is 0 Å². The Balaban J connectivity index is 1.88. The lowest BCUT2D eigenvalue weighted by molar-refractivity contribution is 0.0562. The van der Waals surface area contributed by atoms with Crippen LogP contribution in [0.5, 0.6) is 0 Å². The number of piperidine rings is 1.